The van der Waals surface area contributed by atoms with Gasteiger partial charge in [0.2, 0.25) is 0 Å². The third-order valence-corrected chi connectivity index (χ3v) is 7.20. The molecule has 0 amide bonds. The van der Waals surface area contributed by atoms with Gasteiger partial charge in [-0.3, -0.25) is 8.37 Å². The SMILES string of the molecule is Cc1ccc(S(=O)(=O)OCCCOCC#CC#CCOCCCOS(=O)(=O)c2ccc(C)cc2)cc1. The van der Waals surface area contributed by atoms with Crippen molar-refractivity contribution in [3.8, 4) is 23.7 Å². The molecule has 0 aromatic heterocycles. The van der Waals surface area contributed by atoms with Crippen LogP contribution in [0.1, 0.15) is 24.0 Å². The van der Waals surface area contributed by atoms with E-state index in [0.29, 0.717) is 26.1 Å². The third kappa shape index (κ3) is 11.4. The molecule has 8 nitrogen and oxygen atoms in total. The molecular weight excluding hydrogens is 504 g/mol. The zero-order chi connectivity index (χ0) is 26.3. The van der Waals surface area contributed by atoms with Crippen molar-refractivity contribution in [3.63, 3.8) is 0 Å². The minimum absolute atomic E-state index is 0.0176. The highest BCUT2D eigenvalue weighted by Crippen LogP contribution is 2.14. The lowest BCUT2D eigenvalue weighted by Gasteiger charge is -2.06. The molecule has 2 aromatic rings. The molecule has 0 N–H and O–H groups in total. The van der Waals surface area contributed by atoms with E-state index in [4.69, 9.17) is 17.8 Å². The van der Waals surface area contributed by atoms with E-state index in [9.17, 15) is 16.8 Å². The zero-order valence-corrected chi connectivity index (χ0v) is 22.0. The van der Waals surface area contributed by atoms with Crippen LogP contribution in [0.15, 0.2) is 58.3 Å². The average molecular weight is 535 g/mol. The Morgan fingerprint density at radius 3 is 1.31 bits per heavy atom. The van der Waals surface area contributed by atoms with Crippen molar-refractivity contribution in [3.05, 3.63) is 59.7 Å². The molecule has 2 rings (SSSR count). The fourth-order valence-electron chi connectivity index (χ4n) is 2.61. The summed E-state index contributed by atoms with van der Waals surface area (Å²) >= 11 is 0. The Balaban J connectivity index is 1.48. The van der Waals surface area contributed by atoms with E-state index in [2.05, 4.69) is 23.7 Å². The van der Waals surface area contributed by atoms with Crippen LogP contribution in [0.4, 0.5) is 0 Å². The fraction of sp³-hybridized carbons (Fsp3) is 0.385. The molecule has 0 saturated carbocycles. The molecule has 0 aliphatic rings. The Bertz CT molecular complexity index is 1170. The van der Waals surface area contributed by atoms with Crippen molar-refractivity contribution in [2.45, 2.75) is 36.5 Å². The van der Waals surface area contributed by atoms with Crippen LogP contribution in [-0.4, -0.2) is 56.5 Å². The molecule has 2 aromatic carbocycles. The summed E-state index contributed by atoms with van der Waals surface area (Å²) in [4.78, 5) is 0.253. The Labute approximate surface area is 214 Å². The third-order valence-electron chi connectivity index (χ3n) is 4.55. The monoisotopic (exact) mass is 534 g/mol. The normalized spacial score (nSPS) is 11.3. The molecule has 0 heterocycles. The van der Waals surface area contributed by atoms with Crippen LogP contribution in [0.25, 0.3) is 0 Å². The van der Waals surface area contributed by atoms with E-state index in [0.717, 1.165) is 11.1 Å². The predicted octanol–water partition coefficient (Wildman–Crippen LogP) is 3.23. The number of rotatable bonds is 14. The van der Waals surface area contributed by atoms with E-state index in [1.54, 1.807) is 24.3 Å². The minimum Gasteiger partial charge on any atom is -0.369 e. The number of benzene rings is 2. The highest BCUT2D eigenvalue weighted by Gasteiger charge is 2.15. The summed E-state index contributed by atoms with van der Waals surface area (Å²) in [6.45, 7) is 4.71. The first-order chi connectivity index (χ1) is 17.2. The maximum atomic E-state index is 12.0. The first-order valence-corrected chi connectivity index (χ1v) is 14.1. The summed E-state index contributed by atoms with van der Waals surface area (Å²) in [5.74, 6) is 10.7. The first-order valence-electron chi connectivity index (χ1n) is 11.2. The Morgan fingerprint density at radius 1 is 0.583 bits per heavy atom. The Morgan fingerprint density at radius 2 is 0.944 bits per heavy atom. The second kappa shape index (κ2) is 15.4. The Hall–Kier alpha value is -2.70. The molecule has 36 heavy (non-hydrogen) atoms. The van der Waals surface area contributed by atoms with Crippen molar-refractivity contribution < 1.29 is 34.7 Å². The lowest BCUT2D eigenvalue weighted by molar-refractivity contribution is 0.148. The summed E-state index contributed by atoms with van der Waals surface area (Å²) in [6.07, 6.45) is 0.810. The van der Waals surface area contributed by atoms with Crippen LogP contribution in [0.3, 0.4) is 0 Å². The van der Waals surface area contributed by atoms with Gasteiger partial charge in [0.05, 0.1) is 36.2 Å². The van der Waals surface area contributed by atoms with Crippen molar-refractivity contribution in [2.24, 2.45) is 0 Å². The molecule has 0 fully saturated rings. The van der Waals surface area contributed by atoms with Crippen molar-refractivity contribution in [1.82, 2.24) is 0 Å². The molecule has 0 spiro atoms. The molecule has 0 radical (unpaired) electrons. The average Bonchev–Trinajstić information content (AvgIpc) is 2.84. The number of ether oxygens (including phenoxy) is 2. The minimum atomic E-state index is -3.76. The predicted molar refractivity (Wildman–Crippen MR) is 135 cm³/mol. The van der Waals surface area contributed by atoms with E-state index >= 15 is 0 Å². The van der Waals surface area contributed by atoms with Gasteiger partial charge in [-0.2, -0.15) is 16.8 Å². The molecular formula is C26H30O8S2. The van der Waals surface area contributed by atoms with Crippen LogP contribution < -0.4 is 0 Å². The first kappa shape index (κ1) is 29.5. The Kier molecular flexibility index (Phi) is 12.6. The maximum absolute atomic E-state index is 12.0. The number of aryl methyl sites for hydroxylation is 2. The van der Waals surface area contributed by atoms with E-state index in [-0.39, 0.29) is 36.2 Å². The van der Waals surface area contributed by atoms with E-state index < -0.39 is 20.2 Å². The molecule has 194 valence electrons. The highest BCUT2D eigenvalue weighted by atomic mass is 32.2. The van der Waals surface area contributed by atoms with Gasteiger partial charge in [-0.05, 0) is 62.8 Å². The van der Waals surface area contributed by atoms with Crippen molar-refractivity contribution in [1.29, 1.82) is 0 Å². The molecule has 0 aliphatic heterocycles. The van der Waals surface area contributed by atoms with Gasteiger partial charge in [-0.25, -0.2) is 0 Å². The van der Waals surface area contributed by atoms with Crippen LogP contribution in [0, 0.1) is 37.5 Å². The second-order valence-electron chi connectivity index (χ2n) is 7.59. The standard InChI is InChI=1S/C26H30O8S2/c1-23-9-13-25(14-10-23)35(27,28)33-21-7-19-31-17-5-3-4-6-18-32-20-8-22-34-36(29,30)26-15-11-24(2)12-16-26/h9-16H,7-8,17-22H2,1-2H3. The van der Waals surface area contributed by atoms with Crippen molar-refractivity contribution in [2.75, 3.05) is 39.6 Å². The van der Waals surface area contributed by atoms with Crippen molar-refractivity contribution >= 4 is 20.2 Å². The highest BCUT2D eigenvalue weighted by molar-refractivity contribution is 7.87. The van der Waals surface area contributed by atoms with E-state index in [1.165, 1.54) is 24.3 Å². The van der Waals surface area contributed by atoms with Crippen LogP contribution in [0.5, 0.6) is 0 Å². The second-order valence-corrected chi connectivity index (χ2v) is 10.8. The molecule has 0 saturated heterocycles. The summed E-state index contributed by atoms with van der Waals surface area (Å²) in [6, 6.07) is 12.9. The van der Waals surface area contributed by atoms with Crippen LogP contribution in [0.2, 0.25) is 0 Å². The summed E-state index contributed by atoms with van der Waals surface area (Å²) in [5, 5.41) is 0. The molecule has 10 heteroatoms. The molecule has 0 unspecified atom stereocenters. The van der Waals surface area contributed by atoms with Gasteiger partial charge in [0.15, 0.2) is 0 Å². The van der Waals surface area contributed by atoms with Gasteiger partial charge in [0.25, 0.3) is 20.2 Å². The van der Waals surface area contributed by atoms with Gasteiger partial charge in [-0.1, -0.05) is 47.2 Å². The number of hydrogen-bond acceptors (Lipinski definition) is 8. The maximum Gasteiger partial charge on any atom is 0.296 e. The lowest BCUT2D eigenvalue weighted by atomic mass is 10.2. The smallest absolute Gasteiger partial charge is 0.296 e. The summed E-state index contributed by atoms with van der Waals surface area (Å²) in [5.41, 5.74) is 1.94. The quantitative estimate of drug-likeness (QED) is 0.207. The van der Waals surface area contributed by atoms with Gasteiger partial charge in [-0.15, -0.1) is 0 Å². The van der Waals surface area contributed by atoms with Gasteiger partial charge >= 0.3 is 0 Å². The van der Waals surface area contributed by atoms with Crippen LogP contribution >= 0.6 is 0 Å². The largest absolute Gasteiger partial charge is 0.369 e. The van der Waals surface area contributed by atoms with Gasteiger partial charge in [0.1, 0.15) is 13.2 Å². The fourth-order valence-corrected chi connectivity index (χ4v) is 4.50. The topological polar surface area (TPSA) is 105 Å². The summed E-state index contributed by atoms with van der Waals surface area (Å²) < 4.78 is 68.7. The van der Waals surface area contributed by atoms with Gasteiger partial charge < -0.3 is 9.47 Å². The lowest BCUT2D eigenvalue weighted by Crippen LogP contribution is -2.09. The van der Waals surface area contributed by atoms with E-state index in [1.807, 2.05) is 13.8 Å². The summed E-state index contributed by atoms with van der Waals surface area (Å²) in [7, 11) is -7.52. The molecule has 0 bridgehead atoms. The van der Waals surface area contributed by atoms with Crippen LogP contribution in [-0.2, 0) is 38.1 Å². The zero-order valence-electron chi connectivity index (χ0n) is 20.4. The molecule has 0 atom stereocenters. The van der Waals surface area contributed by atoms with Gasteiger partial charge in [0, 0.05) is 0 Å². The number of hydrogen-bond donors (Lipinski definition) is 0. The molecule has 0 aliphatic carbocycles.